The zero-order valence-corrected chi connectivity index (χ0v) is 20.0. The molecule has 2 aromatic rings. The van der Waals surface area contributed by atoms with Crippen LogP contribution in [0.15, 0.2) is 29.2 Å². The Morgan fingerprint density at radius 1 is 1.03 bits per heavy atom. The Morgan fingerprint density at radius 3 is 2.13 bits per heavy atom. The second-order valence-corrected chi connectivity index (χ2v) is 9.81. The third kappa shape index (κ3) is 4.31. The van der Waals surface area contributed by atoms with Gasteiger partial charge in [-0.1, -0.05) is 12.8 Å². The molecule has 8 heteroatoms. The Labute approximate surface area is 185 Å². The van der Waals surface area contributed by atoms with Crippen LogP contribution in [0.5, 0.6) is 5.75 Å². The smallest absolute Gasteiger partial charge is 0.266 e. The zero-order valence-electron chi connectivity index (χ0n) is 19.1. The van der Waals surface area contributed by atoms with Gasteiger partial charge in [0.15, 0.2) is 0 Å². The standard InChI is InChI=1S/C23H33N3O4S/c1-6-26(19-11-13-20(30-5)14-12-19)31(28,29)22-18(3)24(4)17(2)21(22)23(27)25-15-9-7-8-10-16-25/h11-14H,6-10,15-16H2,1-5H3. The van der Waals surface area contributed by atoms with Crippen LogP contribution >= 0.6 is 0 Å². The quantitative estimate of drug-likeness (QED) is 0.674. The minimum Gasteiger partial charge on any atom is -0.497 e. The highest BCUT2D eigenvalue weighted by atomic mass is 32.2. The van der Waals surface area contributed by atoms with E-state index in [4.69, 9.17) is 4.74 Å². The molecule has 0 saturated carbocycles. The minimum absolute atomic E-state index is 0.111. The highest BCUT2D eigenvalue weighted by molar-refractivity contribution is 7.93. The maximum atomic E-state index is 13.9. The summed E-state index contributed by atoms with van der Waals surface area (Å²) in [4.78, 5) is 15.5. The van der Waals surface area contributed by atoms with Crippen molar-refractivity contribution in [2.75, 3.05) is 31.0 Å². The number of amides is 1. The third-order valence-corrected chi connectivity index (χ3v) is 8.29. The first-order valence-corrected chi connectivity index (χ1v) is 12.3. The number of aromatic nitrogens is 1. The molecule has 2 heterocycles. The van der Waals surface area contributed by atoms with Gasteiger partial charge in [0.1, 0.15) is 10.6 Å². The summed E-state index contributed by atoms with van der Waals surface area (Å²) in [7, 11) is -0.574. The molecule has 0 spiro atoms. The average molecular weight is 448 g/mol. The van der Waals surface area contributed by atoms with Gasteiger partial charge in [-0.2, -0.15) is 0 Å². The maximum absolute atomic E-state index is 13.9. The van der Waals surface area contributed by atoms with E-state index >= 15 is 0 Å². The van der Waals surface area contributed by atoms with E-state index in [0.29, 0.717) is 41.5 Å². The molecule has 1 aromatic carbocycles. The molecular weight excluding hydrogens is 414 g/mol. The van der Waals surface area contributed by atoms with Gasteiger partial charge < -0.3 is 14.2 Å². The molecule has 0 radical (unpaired) electrons. The predicted molar refractivity (Wildman–Crippen MR) is 122 cm³/mol. The van der Waals surface area contributed by atoms with E-state index in [2.05, 4.69) is 0 Å². The second kappa shape index (κ2) is 9.34. The number of benzene rings is 1. The molecule has 0 atom stereocenters. The molecular formula is C23H33N3O4S. The van der Waals surface area contributed by atoms with Crippen LogP contribution in [0.2, 0.25) is 0 Å². The average Bonchev–Trinajstić information content (AvgIpc) is 2.95. The fourth-order valence-corrected chi connectivity index (χ4v) is 6.23. The highest BCUT2D eigenvalue weighted by Crippen LogP contribution is 2.33. The molecule has 1 aliphatic rings. The lowest BCUT2D eigenvalue weighted by atomic mass is 10.2. The maximum Gasteiger partial charge on any atom is 0.266 e. The first-order chi connectivity index (χ1) is 14.7. The van der Waals surface area contributed by atoms with E-state index in [1.54, 1.807) is 49.8 Å². The van der Waals surface area contributed by atoms with E-state index in [1.165, 1.54) is 4.31 Å². The number of sulfonamides is 1. The molecule has 1 saturated heterocycles. The number of methoxy groups -OCH3 is 1. The van der Waals surface area contributed by atoms with Crippen LogP contribution in [-0.2, 0) is 17.1 Å². The molecule has 7 nitrogen and oxygen atoms in total. The van der Waals surface area contributed by atoms with E-state index in [-0.39, 0.29) is 17.3 Å². The van der Waals surface area contributed by atoms with Crippen LogP contribution < -0.4 is 9.04 Å². The second-order valence-electron chi connectivity index (χ2n) is 8.01. The molecule has 1 aliphatic heterocycles. The van der Waals surface area contributed by atoms with Gasteiger partial charge in [-0.15, -0.1) is 0 Å². The van der Waals surface area contributed by atoms with Gasteiger partial charge >= 0.3 is 0 Å². The first-order valence-electron chi connectivity index (χ1n) is 10.9. The molecule has 170 valence electrons. The van der Waals surface area contributed by atoms with Crippen molar-refractivity contribution in [2.45, 2.75) is 51.3 Å². The highest BCUT2D eigenvalue weighted by Gasteiger charge is 2.36. The topological polar surface area (TPSA) is 71.8 Å². The lowest BCUT2D eigenvalue weighted by Gasteiger charge is -2.25. The fraction of sp³-hybridized carbons (Fsp3) is 0.522. The number of rotatable bonds is 6. The Bertz CT molecular complexity index is 1030. The molecule has 0 aliphatic carbocycles. The van der Waals surface area contributed by atoms with Crippen LogP contribution in [0.25, 0.3) is 0 Å². The van der Waals surface area contributed by atoms with Crippen molar-refractivity contribution in [1.82, 2.24) is 9.47 Å². The number of hydrogen-bond acceptors (Lipinski definition) is 4. The van der Waals surface area contributed by atoms with Gasteiger partial charge in [0.25, 0.3) is 15.9 Å². The SMILES string of the molecule is CCN(c1ccc(OC)cc1)S(=O)(=O)c1c(C(=O)N2CCCCCC2)c(C)n(C)c1C. The van der Waals surface area contributed by atoms with Crippen LogP contribution in [-0.4, -0.2) is 50.5 Å². The third-order valence-electron chi connectivity index (χ3n) is 6.23. The summed E-state index contributed by atoms with van der Waals surface area (Å²) in [5, 5.41) is 0. The lowest BCUT2D eigenvalue weighted by molar-refractivity contribution is 0.0757. The van der Waals surface area contributed by atoms with Crippen LogP contribution in [0, 0.1) is 13.8 Å². The summed E-state index contributed by atoms with van der Waals surface area (Å²) in [5.41, 5.74) is 2.09. The molecule has 1 aromatic heterocycles. The summed E-state index contributed by atoms with van der Waals surface area (Å²) >= 11 is 0. The molecule has 0 unspecified atom stereocenters. The number of ether oxygens (including phenoxy) is 1. The molecule has 0 N–H and O–H groups in total. The summed E-state index contributed by atoms with van der Waals surface area (Å²) in [6.07, 6.45) is 4.10. The summed E-state index contributed by atoms with van der Waals surface area (Å²) in [5.74, 6) is 0.466. The van der Waals surface area contributed by atoms with Crippen LogP contribution in [0.4, 0.5) is 5.69 Å². The molecule has 0 bridgehead atoms. The van der Waals surface area contributed by atoms with Crippen molar-refractivity contribution in [3.63, 3.8) is 0 Å². The number of nitrogens with zero attached hydrogens (tertiary/aromatic N) is 3. The van der Waals surface area contributed by atoms with Crippen LogP contribution in [0.3, 0.4) is 0 Å². The normalized spacial score (nSPS) is 14.9. The van der Waals surface area contributed by atoms with Gasteiger partial charge in [-0.05, 0) is 57.9 Å². The Morgan fingerprint density at radius 2 is 1.61 bits per heavy atom. The monoisotopic (exact) mass is 447 g/mol. The number of carbonyl (C=O) groups excluding carboxylic acids is 1. The van der Waals surface area contributed by atoms with E-state index in [9.17, 15) is 13.2 Å². The Kier molecular flexibility index (Phi) is 6.99. The van der Waals surface area contributed by atoms with Crippen molar-refractivity contribution >= 4 is 21.6 Å². The number of likely N-dealkylation sites (tertiary alicyclic amines) is 1. The summed E-state index contributed by atoms with van der Waals surface area (Å²) < 4.78 is 36.1. The summed E-state index contributed by atoms with van der Waals surface area (Å²) in [6, 6.07) is 6.92. The number of carbonyl (C=O) groups is 1. The van der Waals surface area contributed by atoms with E-state index < -0.39 is 10.0 Å². The molecule has 31 heavy (non-hydrogen) atoms. The number of anilines is 1. The first kappa shape index (κ1) is 23.2. The van der Waals surface area contributed by atoms with Gasteiger partial charge in [-0.25, -0.2) is 8.42 Å². The fourth-order valence-electron chi connectivity index (χ4n) is 4.27. The van der Waals surface area contributed by atoms with Crippen molar-refractivity contribution in [3.8, 4) is 5.75 Å². The van der Waals surface area contributed by atoms with E-state index in [1.807, 2.05) is 18.9 Å². The lowest BCUT2D eigenvalue weighted by Crippen LogP contribution is -2.36. The molecule has 1 amide bonds. The van der Waals surface area contributed by atoms with Gasteiger partial charge in [-0.3, -0.25) is 9.10 Å². The van der Waals surface area contributed by atoms with Gasteiger partial charge in [0, 0.05) is 38.1 Å². The van der Waals surface area contributed by atoms with Gasteiger partial charge in [0.2, 0.25) is 0 Å². The minimum atomic E-state index is -3.96. The molecule has 1 fully saturated rings. The zero-order chi connectivity index (χ0) is 22.8. The Hall–Kier alpha value is -2.48. The van der Waals surface area contributed by atoms with Gasteiger partial charge in [0.05, 0.1) is 18.4 Å². The van der Waals surface area contributed by atoms with Crippen molar-refractivity contribution in [1.29, 1.82) is 0 Å². The molecule has 3 rings (SSSR count). The summed E-state index contributed by atoms with van der Waals surface area (Å²) in [6.45, 7) is 6.97. The van der Waals surface area contributed by atoms with Crippen molar-refractivity contribution in [2.24, 2.45) is 7.05 Å². The van der Waals surface area contributed by atoms with Crippen molar-refractivity contribution in [3.05, 3.63) is 41.2 Å². The van der Waals surface area contributed by atoms with Crippen LogP contribution in [0.1, 0.15) is 54.4 Å². The number of hydrogen-bond donors (Lipinski definition) is 0. The Balaban J connectivity index is 2.11. The predicted octanol–water partition coefficient (Wildman–Crippen LogP) is 3.88. The van der Waals surface area contributed by atoms with Crippen molar-refractivity contribution < 1.29 is 17.9 Å². The largest absolute Gasteiger partial charge is 0.497 e. The van der Waals surface area contributed by atoms with E-state index in [0.717, 1.165) is 25.7 Å².